The molecule has 1 atom stereocenters. The predicted molar refractivity (Wildman–Crippen MR) is 72.6 cm³/mol. The minimum atomic E-state index is -0.212. The zero-order valence-electron chi connectivity index (χ0n) is 10.8. The Labute approximate surface area is 108 Å². The fourth-order valence-corrected chi connectivity index (χ4v) is 2.02. The summed E-state index contributed by atoms with van der Waals surface area (Å²) in [5.41, 5.74) is 9.44. The Morgan fingerprint density at radius 3 is 2.83 bits per heavy atom. The molecule has 0 aliphatic carbocycles. The molecule has 0 aliphatic heterocycles. The Hall–Kier alpha value is -1.87. The smallest absolute Gasteiger partial charge is 0.119 e. The van der Waals surface area contributed by atoms with Gasteiger partial charge in [-0.1, -0.05) is 25.1 Å². The van der Waals surface area contributed by atoms with E-state index in [4.69, 9.17) is 10.5 Å². The van der Waals surface area contributed by atoms with Crippen LogP contribution in [0.5, 0.6) is 5.75 Å². The normalized spacial score (nSPS) is 12.2. The van der Waals surface area contributed by atoms with Gasteiger partial charge in [-0.25, -0.2) is 0 Å². The Kier molecular flexibility index (Phi) is 3.95. The lowest BCUT2D eigenvalue weighted by atomic mass is 9.99. The van der Waals surface area contributed by atoms with Gasteiger partial charge in [0.1, 0.15) is 5.75 Å². The second-order valence-electron chi connectivity index (χ2n) is 4.16. The average molecular weight is 242 g/mol. The van der Waals surface area contributed by atoms with Gasteiger partial charge in [-0.3, -0.25) is 4.98 Å². The number of rotatable bonds is 4. The largest absolute Gasteiger partial charge is 0.497 e. The maximum Gasteiger partial charge on any atom is 0.119 e. The molecule has 94 valence electrons. The van der Waals surface area contributed by atoms with Gasteiger partial charge in [-0.2, -0.15) is 0 Å². The minimum Gasteiger partial charge on any atom is -0.497 e. The zero-order chi connectivity index (χ0) is 13.0. The summed E-state index contributed by atoms with van der Waals surface area (Å²) in [6, 6.07) is 11.6. The maximum absolute atomic E-state index is 6.30. The molecule has 0 radical (unpaired) electrons. The van der Waals surface area contributed by atoms with E-state index >= 15 is 0 Å². The molecular weight excluding hydrogens is 224 g/mol. The van der Waals surface area contributed by atoms with Crippen molar-refractivity contribution in [3.8, 4) is 5.75 Å². The van der Waals surface area contributed by atoms with E-state index in [1.807, 2.05) is 30.3 Å². The van der Waals surface area contributed by atoms with E-state index in [2.05, 4.69) is 18.0 Å². The Bertz CT molecular complexity index is 525. The fourth-order valence-electron chi connectivity index (χ4n) is 2.02. The minimum absolute atomic E-state index is 0.212. The number of benzene rings is 1. The van der Waals surface area contributed by atoms with Crippen molar-refractivity contribution < 1.29 is 4.74 Å². The van der Waals surface area contributed by atoms with Crippen molar-refractivity contribution in [1.82, 2.24) is 4.98 Å². The third kappa shape index (κ3) is 2.51. The number of aryl methyl sites for hydroxylation is 1. The number of hydrogen-bond acceptors (Lipinski definition) is 3. The van der Waals surface area contributed by atoms with Crippen LogP contribution in [0.4, 0.5) is 0 Å². The van der Waals surface area contributed by atoms with Crippen molar-refractivity contribution in [2.24, 2.45) is 5.73 Å². The summed E-state index contributed by atoms with van der Waals surface area (Å²) in [5, 5.41) is 0. The maximum atomic E-state index is 6.30. The standard InChI is InChI=1S/C15H18N2O/c1-3-11-7-5-9-17-15(11)14(16)12-6-4-8-13(10-12)18-2/h4-10,14H,3,16H2,1-2H3. The second kappa shape index (κ2) is 5.65. The van der Waals surface area contributed by atoms with E-state index in [0.717, 1.165) is 23.4 Å². The van der Waals surface area contributed by atoms with Crippen LogP contribution in [-0.2, 0) is 6.42 Å². The van der Waals surface area contributed by atoms with Gasteiger partial charge in [0.2, 0.25) is 0 Å². The summed E-state index contributed by atoms with van der Waals surface area (Å²) >= 11 is 0. The van der Waals surface area contributed by atoms with E-state index in [1.54, 1.807) is 13.3 Å². The molecule has 0 bridgehead atoms. The number of methoxy groups -OCH3 is 1. The molecule has 2 N–H and O–H groups in total. The molecule has 3 nitrogen and oxygen atoms in total. The van der Waals surface area contributed by atoms with Crippen molar-refractivity contribution in [2.75, 3.05) is 7.11 Å². The molecule has 1 aromatic carbocycles. The topological polar surface area (TPSA) is 48.1 Å². The highest BCUT2D eigenvalue weighted by molar-refractivity contribution is 5.36. The van der Waals surface area contributed by atoms with Crippen LogP contribution in [0.25, 0.3) is 0 Å². The lowest BCUT2D eigenvalue weighted by molar-refractivity contribution is 0.414. The van der Waals surface area contributed by atoms with Crippen molar-refractivity contribution in [2.45, 2.75) is 19.4 Å². The highest BCUT2D eigenvalue weighted by Crippen LogP contribution is 2.24. The lowest BCUT2D eigenvalue weighted by Gasteiger charge is -2.15. The molecule has 0 saturated carbocycles. The predicted octanol–water partition coefficient (Wildman–Crippen LogP) is 2.70. The van der Waals surface area contributed by atoms with Gasteiger partial charge in [0, 0.05) is 6.20 Å². The quantitative estimate of drug-likeness (QED) is 0.896. The van der Waals surface area contributed by atoms with Gasteiger partial charge in [0.15, 0.2) is 0 Å². The first-order chi connectivity index (χ1) is 8.76. The number of aromatic nitrogens is 1. The molecule has 1 heterocycles. The van der Waals surface area contributed by atoms with Crippen LogP contribution in [0.15, 0.2) is 42.6 Å². The summed E-state index contributed by atoms with van der Waals surface area (Å²) in [6.07, 6.45) is 2.72. The Morgan fingerprint density at radius 2 is 2.11 bits per heavy atom. The molecule has 0 aliphatic rings. The highest BCUT2D eigenvalue weighted by Gasteiger charge is 2.14. The zero-order valence-corrected chi connectivity index (χ0v) is 10.8. The van der Waals surface area contributed by atoms with Crippen LogP contribution in [0.2, 0.25) is 0 Å². The van der Waals surface area contributed by atoms with Crippen molar-refractivity contribution >= 4 is 0 Å². The van der Waals surface area contributed by atoms with Crippen molar-refractivity contribution in [3.63, 3.8) is 0 Å². The lowest BCUT2D eigenvalue weighted by Crippen LogP contribution is -2.15. The van der Waals surface area contributed by atoms with Gasteiger partial charge in [-0.05, 0) is 35.7 Å². The number of ether oxygens (including phenoxy) is 1. The molecule has 0 spiro atoms. The molecule has 2 aromatic rings. The van der Waals surface area contributed by atoms with Crippen LogP contribution in [0.1, 0.15) is 29.8 Å². The number of hydrogen-bond donors (Lipinski definition) is 1. The Morgan fingerprint density at radius 1 is 1.28 bits per heavy atom. The molecule has 1 aromatic heterocycles. The summed E-state index contributed by atoms with van der Waals surface area (Å²) < 4.78 is 5.22. The first-order valence-corrected chi connectivity index (χ1v) is 6.09. The summed E-state index contributed by atoms with van der Waals surface area (Å²) in [6.45, 7) is 2.11. The van der Waals surface area contributed by atoms with E-state index in [1.165, 1.54) is 5.56 Å². The first kappa shape index (κ1) is 12.6. The molecule has 18 heavy (non-hydrogen) atoms. The molecule has 0 saturated heterocycles. The van der Waals surface area contributed by atoms with Crippen LogP contribution in [0.3, 0.4) is 0 Å². The second-order valence-corrected chi connectivity index (χ2v) is 4.16. The molecule has 3 heteroatoms. The van der Waals surface area contributed by atoms with Crippen molar-refractivity contribution in [3.05, 3.63) is 59.4 Å². The summed E-state index contributed by atoms with van der Waals surface area (Å²) in [5.74, 6) is 0.817. The molecular formula is C15H18N2O. The molecule has 1 unspecified atom stereocenters. The third-order valence-corrected chi connectivity index (χ3v) is 3.05. The van der Waals surface area contributed by atoms with Gasteiger partial charge >= 0.3 is 0 Å². The monoisotopic (exact) mass is 242 g/mol. The highest BCUT2D eigenvalue weighted by atomic mass is 16.5. The third-order valence-electron chi connectivity index (χ3n) is 3.05. The van der Waals surface area contributed by atoms with Gasteiger partial charge < -0.3 is 10.5 Å². The average Bonchev–Trinajstić information content (AvgIpc) is 2.46. The number of nitrogens with two attached hydrogens (primary N) is 1. The number of pyridine rings is 1. The van der Waals surface area contributed by atoms with Crippen LogP contribution >= 0.6 is 0 Å². The van der Waals surface area contributed by atoms with Gasteiger partial charge in [0.05, 0.1) is 18.8 Å². The van der Waals surface area contributed by atoms with E-state index in [-0.39, 0.29) is 6.04 Å². The van der Waals surface area contributed by atoms with Gasteiger partial charge in [-0.15, -0.1) is 0 Å². The fraction of sp³-hybridized carbons (Fsp3) is 0.267. The van der Waals surface area contributed by atoms with Crippen LogP contribution < -0.4 is 10.5 Å². The first-order valence-electron chi connectivity index (χ1n) is 6.09. The summed E-state index contributed by atoms with van der Waals surface area (Å²) in [7, 11) is 1.66. The SMILES string of the molecule is CCc1cccnc1C(N)c1cccc(OC)c1. The molecule has 0 amide bonds. The van der Waals surface area contributed by atoms with Crippen molar-refractivity contribution in [1.29, 1.82) is 0 Å². The van der Waals surface area contributed by atoms with Crippen LogP contribution in [0, 0.1) is 0 Å². The van der Waals surface area contributed by atoms with E-state index in [0.29, 0.717) is 0 Å². The van der Waals surface area contributed by atoms with E-state index < -0.39 is 0 Å². The molecule has 0 fully saturated rings. The molecule has 2 rings (SSSR count). The Balaban J connectivity index is 2.37. The number of nitrogens with zero attached hydrogens (tertiary/aromatic N) is 1. The van der Waals surface area contributed by atoms with Gasteiger partial charge in [0.25, 0.3) is 0 Å². The summed E-state index contributed by atoms with van der Waals surface area (Å²) in [4.78, 5) is 4.42. The van der Waals surface area contributed by atoms with Crippen LogP contribution in [-0.4, -0.2) is 12.1 Å². The van der Waals surface area contributed by atoms with E-state index in [9.17, 15) is 0 Å².